The zero-order valence-electron chi connectivity index (χ0n) is 9.92. The third-order valence-electron chi connectivity index (χ3n) is 3.28. The van der Waals surface area contributed by atoms with Crippen molar-refractivity contribution < 1.29 is 23.7 Å². The molecule has 0 aromatic heterocycles. The predicted molar refractivity (Wildman–Crippen MR) is 57.3 cm³/mol. The molecule has 4 atom stereocenters. The lowest BCUT2D eigenvalue weighted by atomic mass is 9.96. The van der Waals surface area contributed by atoms with E-state index in [4.69, 9.17) is 18.9 Å². The molecule has 0 amide bonds. The van der Waals surface area contributed by atoms with Crippen LogP contribution in [0.1, 0.15) is 26.7 Å². The number of hydrogen-bond acceptors (Lipinski definition) is 5. The summed E-state index contributed by atoms with van der Waals surface area (Å²) in [6, 6.07) is 0. The summed E-state index contributed by atoms with van der Waals surface area (Å²) < 4.78 is 22.0. The van der Waals surface area contributed by atoms with Crippen LogP contribution in [0.2, 0.25) is 0 Å². The highest BCUT2D eigenvalue weighted by atomic mass is 16.8. The fourth-order valence-corrected chi connectivity index (χ4v) is 2.62. The van der Waals surface area contributed by atoms with Crippen LogP contribution in [-0.4, -0.2) is 36.4 Å². The molecule has 17 heavy (non-hydrogen) atoms. The molecule has 3 rings (SSSR count). The van der Waals surface area contributed by atoms with Gasteiger partial charge in [0.05, 0.1) is 0 Å². The quantitative estimate of drug-likeness (QED) is 0.477. The van der Waals surface area contributed by atoms with Crippen LogP contribution >= 0.6 is 0 Å². The summed E-state index contributed by atoms with van der Waals surface area (Å²) >= 11 is 0. The molecule has 5 heteroatoms. The normalized spacial score (nSPS) is 44.9. The average Bonchev–Trinajstić information content (AvgIpc) is 2.71. The van der Waals surface area contributed by atoms with Crippen molar-refractivity contribution >= 4 is 6.16 Å². The van der Waals surface area contributed by atoms with Crippen molar-refractivity contribution in [2.45, 2.75) is 56.9 Å². The number of carbonyl (C=O) groups excluding carboxylic acids is 1. The first-order valence-corrected chi connectivity index (χ1v) is 5.95. The maximum Gasteiger partial charge on any atom is 0.509 e. The Kier molecular flexibility index (Phi) is 2.41. The first-order chi connectivity index (χ1) is 8.05. The van der Waals surface area contributed by atoms with Crippen molar-refractivity contribution in [3.8, 4) is 0 Å². The molecule has 0 radical (unpaired) electrons. The maximum atomic E-state index is 11.2. The molecule has 0 aromatic carbocycles. The molecule has 5 nitrogen and oxygen atoms in total. The van der Waals surface area contributed by atoms with Gasteiger partial charge in [0.15, 0.2) is 11.9 Å². The van der Waals surface area contributed by atoms with E-state index in [1.54, 1.807) is 0 Å². The number of ether oxygens (including phenoxy) is 4. The zero-order valence-corrected chi connectivity index (χ0v) is 9.92. The van der Waals surface area contributed by atoms with Gasteiger partial charge in [-0.15, -0.1) is 0 Å². The predicted octanol–water partition coefficient (Wildman–Crippen LogP) is 1.76. The molecule has 94 valence electrons. The topological polar surface area (TPSA) is 54.0 Å². The molecular weight excluding hydrogens is 224 g/mol. The van der Waals surface area contributed by atoms with Crippen LogP contribution in [0, 0.1) is 0 Å². The van der Waals surface area contributed by atoms with Crippen molar-refractivity contribution in [1.82, 2.24) is 0 Å². The average molecular weight is 240 g/mol. The first kappa shape index (κ1) is 11.0. The Morgan fingerprint density at radius 2 is 2.06 bits per heavy atom. The van der Waals surface area contributed by atoms with Gasteiger partial charge in [0.2, 0.25) is 0 Å². The SMILES string of the molecule is CC1(C)O[C@@H]2[C@H]3OC(=O)O[C@@H]3CC/C=C\[C@@H]2O1. The minimum atomic E-state index is -0.649. The van der Waals surface area contributed by atoms with Crippen LogP contribution < -0.4 is 0 Å². The van der Waals surface area contributed by atoms with Crippen molar-refractivity contribution in [3.05, 3.63) is 12.2 Å². The summed E-state index contributed by atoms with van der Waals surface area (Å²) in [5.41, 5.74) is 0. The van der Waals surface area contributed by atoms with Crippen LogP contribution in [-0.2, 0) is 18.9 Å². The summed E-state index contributed by atoms with van der Waals surface area (Å²) in [7, 11) is 0. The smallest absolute Gasteiger partial charge is 0.427 e. The Hall–Kier alpha value is -1.07. The second kappa shape index (κ2) is 3.71. The zero-order chi connectivity index (χ0) is 12.0. The van der Waals surface area contributed by atoms with E-state index in [0.717, 1.165) is 12.8 Å². The number of hydrogen-bond donors (Lipinski definition) is 0. The Morgan fingerprint density at radius 3 is 2.88 bits per heavy atom. The van der Waals surface area contributed by atoms with Gasteiger partial charge in [-0.05, 0) is 26.7 Å². The fraction of sp³-hybridized carbons (Fsp3) is 0.750. The van der Waals surface area contributed by atoms with Crippen LogP contribution in [0.5, 0.6) is 0 Å². The van der Waals surface area contributed by atoms with E-state index >= 15 is 0 Å². The van der Waals surface area contributed by atoms with E-state index in [9.17, 15) is 4.79 Å². The maximum absolute atomic E-state index is 11.2. The van der Waals surface area contributed by atoms with Gasteiger partial charge in [-0.2, -0.15) is 0 Å². The second-order valence-corrected chi connectivity index (χ2v) is 5.06. The number of fused-ring (bicyclic) bond motifs is 3. The molecule has 2 saturated heterocycles. The van der Waals surface area contributed by atoms with Gasteiger partial charge in [0.25, 0.3) is 0 Å². The summed E-state index contributed by atoms with van der Waals surface area (Å²) in [5, 5.41) is 0. The van der Waals surface area contributed by atoms with Crippen LogP contribution in [0.15, 0.2) is 12.2 Å². The molecule has 0 saturated carbocycles. The lowest BCUT2D eigenvalue weighted by molar-refractivity contribution is -0.153. The van der Waals surface area contributed by atoms with E-state index in [-0.39, 0.29) is 24.4 Å². The van der Waals surface area contributed by atoms with Gasteiger partial charge < -0.3 is 18.9 Å². The monoisotopic (exact) mass is 240 g/mol. The lowest BCUT2D eigenvalue weighted by Gasteiger charge is -2.24. The summed E-state index contributed by atoms with van der Waals surface area (Å²) in [5.74, 6) is -0.649. The molecule has 2 fully saturated rings. The molecular formula is C12H16O5. The summed E-state index contributed by atoms with van der Waals surface area (Å²) in [6.45, 7) is 3.72. The highest BCUT2D eigenvalue weighted by Crippen LogP contribution is 2.37. The molecule has 0 unspecified atom stereocenters. The molecule has 0 bridgehead atoms. The molecule has 2 heterocycles. The molecule has 0 N–H and O–H groups in total. The molecule has 3 aliphatic rings. The summed E-state index contributed by atoms with van der Waals surface area (Å²) in [6.07, 6.45) is 4.01. The van der Waals surface area contributed by atoms with Crippen molar-refractivity contribution in [1.29, 1.82) is 0 Å². The van der Waals surface area contributed by atoms with Gasteiger partial charge >= 0.3 is 6.16 Å². The van der Waals surface area contributed by atoms with E-state index in [2.05, 4.69) is 0 Å². The third-order valence-corrected chi connectivity index (χ3v) is 3.28. The lowest BCUT2D eigenvalue weighted by Crippen LogP contribution is -2.41. The van der Waals surface area contributed by atoms with Gasteiger partial charge in [-0.3, -0.25) is 0 Å². The Balaban J connectivity index is 1.88. The van der Waals surface area contributed by atoms with E-state index in [0.29, 0.717) is 0 Å². The van der Waals surface area contributed by atoms with Crippen molar-refractivity contribution in [3.63, 3.8) is 0 Å². The Labute approximate surface area is 99.7 Å². The van der Waals surface area contributed by atoms with Crippen molar-refractivity contribution in [2.24, 2.45) is 0 Å². The molecule has 1 aliphatic carbocycles. The van der Waals surface area contributed by atoms with Crippen LogP contribution in [0.3, 0.4) is 0 Å². The van der Waals surface area contributed by atoms with Gasteiger partial charge in [-0.25, -0.2) is 4.79 Å². The van der Waals surface area contributed by atoms with Crippen molar-refractivity contribution in [2.75, 3.05) is 0 Å². The third kappa shape index (κ3) is 1.93. The molecule has 0 aromatic rings. The van der Waals surface area contributed by atoms with E-state index in [1.807, 2.05) is 26.0 Å². The number of carbonyl (C=O) groups is 1. The summed E-state index contributed by atoms with van der Waals surface area (Å²) in [4.78, 5) is 11.2. The van der Waals surface area contributed by atoms with Crippen LogP contribution in [0.4, 0.5) is 4.79 Å². The highest BCUT2D eigenvalue weighted by Gasteiger charge is 2.52. The van der Waals surface area contributed by atoms with E-state index < -0.39 is 11.9 Å². The van der Waals surface area contributed by atoms with Gasteiger partial charge in [-0.1, -0.05) is 12.2 Å². The van der Waals surface area contributed by atoms with Gasteiger partial charge in [0, 0.05) is 0 Å². The second-order valence-electron chi connectivity index (χ2n) is 5.06. The highest BCUT2D eigenvalue weighted by molar-refractivity contribution is 5.62. The largest absolute Gasteiger partial charge is 0.509 e. The minimum Gasteiger partial charge on any atom is -0.427 e. The fourth-order valence-electron chi connectivity index (χ4n) is 2.62. The Morgan fingerprint density at radius 1 is 1.24 bits per heavy atom. The molecule has 0 spiro atoms. The minimum absolute atomic E-state index is 0.174. The van der Waals surface area contributed by atoms with Crippen LogP contribution in [0.25, 0.3) is 0 Å². The molecule has 2 aliphatic heterocycles. The number of rotatable bonds is 0. The Bertz CT molecular complexity index is 362. The van der Waals surface area contributed by atoms with Gasteiger partial charge in [0.1, 0.15) is 18.3 Å². The van der Waals surface area contributed by atoms with E-state index in [1.165, 1.54) is 0 Å². The number of allylic oxidation sites excluding steroid dienone is 1. The standard InChI is InChI=1S/C12H16O5/c1-12(2)16-8-6-4-3-5-7-9(10(8)17-12)15-11(13)14-7/h4,6-10H,3,5H2,1-2H3/b6-4-/t7-,8+,9+,10+/m1/s1. The first-order valence-electron chi connectivity index (χ1n) is 5.95.